The quantitative estimate of drug-likeness (QED) is 0.905. The van der Waals surface area contributed by atoms with Crippen LogP contribution in [0.2, 0.25) is 0 Å². The Balaban J connectivity index is 2.27. The predicted octanol–water partition coefficient (Wildman–Crippen LogP) is 2.22. The molecule has 0 saturated heterocycles. The van der Waals surface area contributed by atoms with Crippen LogP contribution >= 0.6 is 0 Å². The van der Waals surface area contributed by atoms with Crippen LogP contribution in [0.4, 0.5) is 5.95 Å². The van der Waals surface area contributed by atoms with Crippen molar-refractivity contribution in [3.63, 3.8) is 0 Å². The van der Waals surface area contributed by atoms with Gasteiger partial charge in [0.25, 0.3) is 0 Å². The lowest BCUT2D eigenvalue weighted by atomic mass is 10.2. The first-order chi connectivity index (χ1) is 9.58. The van der Waals surface area contributed by atoms with Gasteiger partial charge >= 0.3 is 0 Å². The van der Waals surface area contributed by atoms with E-state index in [2.05, 4.69) is 36.8 Å². The number of aromatic nitrogens is 2. The van der Waals surface area contributed by atoms with Crippen LogP contribution in [-0.2, 0) is 6.54 Å². The van der Waals surface area contributed by atoms with Crippen LogP contribution in [0.25, 0.3) is 11.0 Å². The normalized spacial score (nSPS) is 12.8. The summed E-state index contributed by atoms with van der Waals surface area (Å²) in [6, 6.07) is 8.30. The lowest BCUT2D eigenvalue weighted by Gasteiger charge is -2.23. The van der Waals surface area contributed by atoms with Crippen molar-refractivity contribution in [2.75, 3.05) is 19.3 Å². The Morgan fingerprint density at radius 1 is 1.50 bits per heavy atom. The van der Waals surface area contributed by atoms with Crippen LogP contribution in [0.5, 0.6) is 0 Å². The van der Waals surface area contributed by atoms with Crippen molar-refractivity contribution in [1.82, 2.24) is 14.5 Å². The monoisotopic (exact) mass is 271 g/mol. The van der Waals surface area contributed by atoms with E-state index in [1.807, 2.05) is 16.7 Å². The standard InChI is InChI=1S/C15H21N5/c1-4-11(2)19(3)8-9-20-13-7-5-6-12(10-16)14(13)18-15(20)17/h5-7,11H,4,8-9H2,1-3H3,(H2,17,18). The lowest BCUT2D eigenvalue weighted by molar-refractivity contribution is 0.244. The predicted molar refractivity (Wildman–Crippen MR) is 81.2 cm³/mol. The summed E-state index contributed by atoms with van der Waals surface area (Å²) in [4.78, 5) is 6.63. The lowest BCUT2D eigenvalue weighted by Crippen LogP contribution is -2.31. The van der Waals surface area contributed by atoms with E-state index in [1.165, 1.54) is 0 Å². The van der Waals surface area contributed by atoms with Gasteiger partial charge in [0.1, 0.15) is 11.6 Å². The molecule has 0 fully saturated rings. The zero-order chi connectivity index (χ0) is 14.7. The summed E-state index contributed by atoms with van der Waals surface area (Å²) in [5.74, 6) is 0.472. The van der Waals surface area contributed by atoms with Crippen LogP contribution in [0.15, 0.2) is 18.2 Å². The van der Waals surface area contributed by atoms with Gasteiger partial charge in [-0.2, -0.15) is 5.26 Å². The molecule has 2 aromatic rings. The topological polar surface area (TPSA) is 70.9 Å². The molecule has 2 rings (SSSR count). The third-order valence-electron chi connectivity index (χ3n) is 3.95. The minimum Gasteiger partial charge on any atom is -0.369 e. The van der Waals surface area contributed by atoms with Crippen molar-refractivity contribution in [2.45, 2.75) is 32.9 Å². The number of hydrogen-bond acceptors (Lipinski definition) is 4. The number of rotatable bonds is 5. The summed E-state index contributed by atoms with van der Waals surface area (Å²) in [6.07, 6.45) is 1.12. The molecule has 1 atom stereocenters. The number of anilines is 1. The fraction of sp³-hybridized carbons (Fsp3) is 0.467. The molecule has 0 aliphatic carbocycles. The largest absolute Gasteiger partial charge is 0.369 e. The van der Waals surface area contributed by atoms with E-state index in [1.54, 1.807) is 6.07 Å². The Bertz CT molecular complexity index is 637. The number of nitrogens with zero attached hydrogens (tertiary/aromatic N) is 4. The fourth-order valence-corrected chi connectivity index (χ4v) is 2.28. The molecule has 0 aliphatic heterocycles. The number of nitrogen functional groups attached to an aromatic ring is 1. The molecule has 1 heterocycles. The number of nitrogens with two attached hydrogens (primary N) is 1. The van der Waals surface area contributed by atoms with Gasteiger partial charge in [-0.05, 0) is 32.5 Å². The zero-order valence-electron chi connectivity index (χ0n) is 12.3. The molecule has 0 spiro atoms. The van der Waals surface area contributed by atoms with Crippen LogP contribution in [-0.4, -0.2) is 34.1 Å². The SMILES string of the molecule is CCC(C)N(C)CCn1c(N)nc2c(C#N)cccc21. The molecule has 20 heavy (non-hydrogen) atoms. The van der Waals surface area contributed by atoms with Crippen molar-refractivity contribution in [2.24, 2.45) is 0 Å². The minimum absolute atomic E-state index is 0.472. The Hall–Kier alpha value is -2.06. The Kier molecular flexibility index (Phi) is 4.26. The molecule has 0 radical (unpaired) electrons. The summed E-state index contributed by atoms with van der Waals surface area (Å²) in [5, 5.41) is 9.11. The summed E-state index contributed by atoms with van der Waals surface area (Å²) in [6.45, 7) is 6.07. The molecular formula is C15H21N5. The van der Waals surface area contributed by atoms with Gasteiger partial charge < -0.3 is 15.2 Å². The maximum Gasteiger partial charge on any atom is 0.201 e. The molecule has 106 valence electrons. The summed E-state index contributed by atoms with van der Waals surface area (Å²) in [7, 11) is 2.12. The van der Waals surface area contributed by atoms with Crippen molar-refractivity contribution in [1.29, 1.82) is 5.26 Å². The summed E-state index contributed by atoms with van der Waals surface area (Å²) >= 11 is 0. The van der Waals surface area contributed by atoms with Crippen LogP contribution < -0.4 is 5.73 Å². The highest BCUT2D eigenvalue weighted by Gasteiger charge is 2.13. The zero-order valence-corrected chi connectivity index (χ0v) is 12.3. The molecule has 0 bridgehead atoms. The number of benzene rings is 1. The maximum atomic E-state index is 9.11. The van der Waals surface area contributed by atoms with E-state index < -0.39 is 0 Å². The Morgan fingerprint density at radius 3 is 2.90 bits per heavy atom. The average Bonchev–Trinajstić information content (AvgIpc) is 2.79. The Labute approximate surface area is 119 Å². The molecule has 5 heteroatoms. The van der Waals surface area contributed by atoms with Gasteiger partial charge in [0, 0.05) is 19.1 Å². The molecule has 0 aliphatic rings. The van der Waals surface area contributed by atoms with Crippen LogP contribution in [0.3, 0.4) is 0 Å². The first-order valence-corrected chi connectivity index (χ1v) is 6.93. The van der Waals surface area contributed by atoms with E-state index in [4.69, 9.17) is 11.0 Å². The van der Waals surface area contributed by atoms with Gasteiger partial charge in [0.05, 0.1) is 11.1 Å². The average molecular weight is 271 g/mol. The van der Waals surface area contributed by atoms with Gasteiger partial charge in [0.15, 0.2) is 0 Å². The second kappa shape index (κ2) is 5.93. The molecule has 2 N–H and O–H groups in total. The van der Waals surface area contributed by atoms with E-state index >= 15 is 0 Å². The van der Waals surface area contributed by atoms with Crippen molar-refractivity contribution >= 4 is 17.0 Å². The highest BCUT2D eigenvalue weighted by atomic mass is 15.2. The van der Waals surface area contributed by atoms with Gasteiger partial charge in [-0.15, -0.1) is 0 Å². The van der Waals surface area contributed by atoms with E-state index in [-0.39, 0.29) is 0 Å². The molecule has 0 amide bonds. The van der Waals surface area contributed by atoms with E-state index in [0.717, 1.165) is 25.0 Å². The maximum absolute atomic E-state index is 9.11. The van der Waals surface area contributed by atoms with Crippen molar-refractivity contribution in [3.05, 3.63) is 23.8 Å². The van der Waals surface area contributed by atoms with E-state index in [0.29, 0.717) is 23.1 Å². The highest BCUT2D eigenvalue weighted by molar-refractivity contribution is 5.83. The molecule has 5 nitrogen and oxygen atoms in total. The third-order valence-corrected chi connectivity index (χ3v) is 3.95. The van der Waals surface area contributed by atoms with Gasteiger partial charge in [-0.3, -0.25) is 0 Å². The van der Waals surface area contributed by atoms with Crippen molar-refractivity contribution < 1.29 is 0 Å². The number of para-hydroxylation sites is 1. The number of likely N-dealkylation sites (N-methyl/N-ethyl adjacent to an activating group) is 1. The molecular weight excluding hydrogens is 250 g/mol. The second-order valence-corrected chi connectivity index (χ2v) is 5.14. The third kappa shape index (κ3) is 2.61. The first kappa shape index (κ1) is 14.4. The van der Waals surface area contributed by atoms with Gasteiger partial charge in [-0.25, -0.2) is 4.98 Å². The Morgan fingerprint density at radius 2 is 2.25 bits per heavy atom. The number of imidazole rings is 1. The van der Waals surface area contributed by atoms with E-state index in [9.17, 15) is 0 Å². The first-order valence-electron chi connectivity index (χ1n) is 6.93. The van der Waals surface area contributed by atoms with Gasteiger partial charge in [0.2, 0.25) is 5.95 Å². The minimum atomic E-state index is 0.472. The molecule has 1 aromatic heterocycles. The summed E-state index contributed by atoms with van der Waals surface area (Å²) < 4.78 is 1.98. The van der Waals surface area contributed by atoms with Crippen molar-refractivity contribution in [3.8, 4) is 6.07 Å². The molecule has 0 saturated carbocycles. The van der Waals surface area contributed by atoms with Crippen LogP contribution in [0, 0.1) is 11.3 Å². The fourth-order valence-electron chi connectivity index (χ4n) is 2.28. The summed E-state index contributed by atoms with van der Waals surface area (Å²) in [5.41, 5.74) is 8.19. The second-order valence-electron chi connectivity index (χ2n) is 5.14. The number of fused-ring (bicyclic) bond motifs is 1. The van der Waals surface area contributed by atoms with Crippen LogP contribution in [0.1, 0.15) is 25.8 Å². The highest BCUT2D eigenvalue weighted by Crippen LogP contribution is 2.21. The van der Waals surface area contributed by atoms with Gasteiger partial charge in [-0.1, -0.05) is 13.0 Å². The smallest absolute Gasteiger partial charge is 0.201 e. The number of nitriles is 1. The molecule has 1 unspecified atom stereocenters. The molecule has 1 aromatic carbocycles. The number of hydrogen-bond donors (Lipinski definition) is 1.